The maximum Gasteiger partial charge on any atom is 0.193 e. The van der Waals surface area contributed by atoms with Crippen LogP contribution in [0.15, 0.2) is 53.5 Å². The van der Waals surface area contributed by atoms with Crippen molar-refractivity contribution in [3.8, 4) is 5.69 Å². The van der Waals surface area contributed by atoms with Gasteiger partial charge in [-0.25, -0.2) is 9.67 Å². The van der Waals surface area contributed by atoms with E-state index in [4.69, 9.17) is 5.73 Å². The number of guanidine groups is 1. The van der Waals surface area contributed by atoms with E-state index in [1.807, 2.05) is 23.7 Å². The molecule has 0 aliphatic heterocycles. The second kappa shape index (κ2) is 7.44. The van der Waals surface area contributed by atoms with E-state index in [-0.39, 0.29) is 0 Å². The van der Waals surface area contributed by atoms with Crippen molar-refractivity contribution in [1.82, 2.24) is 9.78 Å². The Balaban J connectivity index is 1.81. The number of hydrogen-bond donors (Lipinski definition) is 2. The maximum atomic E-state index is 6.09. The minimum absolute atomic E-state index is 0.401. The monoisotopic (exact) mass is 347 g/mol. The van der Waals surface area contributed by atoms with Gasteiger partial charge in [-0.3, -0.25) is 0 Å². The average Bonchev–Trinajstić information content (AvgIpc) is 2.90. The molecule has 0 atom stereocenters. The SMILES string of the molecule is Cc1cc(C)cc(NC(N)=NCc2ccccc2-n2nc(C)cc2C)c1. The highest BCUT2D eigenvalue weighted by Gasteiger charge is 2.08. The number of hydrogen-bond acceptors (Lipinski definition) is 2. The van der Waals surface area contributed by atoms with Gasteiger partial charge >= 0.3 is 0 Å². The van der Waals surface area contributed by atoms with Crippen molar-refractivity contribution in [2.45, 2.75) is 34.2 Å². The van der Waals surface area contributed by atoms with Crippen LogP contribution < -0.4 is 11.1 Å². The van der Waals surface area contributed by atoms with Crippen molar-refractivity contribution >= 4 is 11.6 Å². The Morgan fingerprint density at radius 2 is 1.73 bits per heavy atom. The molecule has 1 heterocycles. The molecule has 0 aliphatic rings. The second-order valence-electron chi connectivity index (χ2n) is 6.67. The van der Waals surface area contributed by atoms with Gasteiger partial charge in [-0.1, -0.05) is 24.3 Å². The summed E-state index contributed by atoms with van der Waals surface area (Å²) in [5.41, 5.74) is 13.6. The number of para-hydroxylation sites is 1. The third kappa shape index (κ3) is 4.11. The summed E-state index contributed by atoms with van der Waals surface area (Å²) in [6.45, 7) is 8.66. The van der Waals surface area contributed by atoms with Crippen LogP contribution >= 0.6 is 0 Å². The van der Waals surface area contributed by atoms with E-state index in [1.165, 1.54) is 11.1 Å². The van der Waals surface area contributed by atoms with Crippen molar-refractivity contribution in [3.63, 3.8) is 0 Å². The molecule has 0 spiro atoms. The number of nitrogens with one attached hydrogen (secondary N) is 1. The van der Waals surface area contributed by atoms with Gasteiger partial charge in [0.25, 0.3) is 0 Å². The third-order valence-electron chi connectivity index (χ3n) is 4.14. The Labute approximate surface area is 154 Å². The molecule has 5 heteroatoms. The van der Waals surface area contributed by atoms with Gasteiger partial charge in [0.2, 0.25) is 0 Å². The smallest absolute Gasteiger partial charge is 0.193 e. The number of anilines is 1. The summed E-state index contributed by atoms with van der Waals surface area (Å²) in [6.07, 6.45) is 0. The molecule has 0 fully saturated rings. The van der Waals surface area contributed by atoms with Crippen molar-refractivity contribution in [2.24, 2.45) is 10.7 Å². The molecule has 0 radical (unpaired) electrons. The molecule has 0 amide bonds. The van der Waals surface area contributed by atoms with Crippen molar-refractivity contribution in [2.75, 3.05) is 5.32 Å². The Morgan fingerprint density at radius 1 is 1.04 bits per heavy atom. The number of nitrogens with zero attached hydrogens (tertiary/aromatic N) is 3. The van der Waals surface area contributed by atoms with Crippen LogP contribution in [0.25, 0.3) is 5.69 Å². The third-order valence-corrected chi connectivity index (χ3v) is 4.14. The van der Waals surface area contributed by atoms with Gasteiger partial charge in [0.05, 0.1) is 17.9 Å². The predicted octanol–water partition coefficient (Wildman–Crippen LogP) is 4.03. The highest BCUT2D eigenvalue weighted by atomic mass is 15.3. The van der Waals surface area contributed by atoms with Crippen LogP contribution in [0.2, 0.25) is 0 Å². The standard InChI is InChI=1S/C21H25N5/c1-14-9-15(2)11-19(10-14)24-21(22)23-13-18-7-5-6-8-20(18)26-17(4)12-16(3)25-26/h5-12H,13H2,1-4H3,(H3,22,23,24). The molecular formula is C21H25N5. The Bertz CT molecular complexity index is 933. The molecule has 3 rings (SSSR count). The molecule has 1 aromatic heterocycles. The molecule has 3 aromatic rings. The van der Waals surface area contributed by atoms with E-state index in [1.54, 1.807) is 0 Å². The van der Waals surface area contributed by atoms with Crippen LogP contribution in [-0.4, -0.2) is 15.7 Å². The van der Waals surface area contributed by atoms with Crippen molar-refractivity contribution < 1.29 is 0 Å². The summed E-state index contributed by atoms with van der Waals surface area (Å²) in [4.78, 5) is 4.51. The van der Waals surface area contributed by atoms with Gasteiger partial charge in [0.15, 0.2) is 5.96 Å². The molecule has 0 unspecified atom stereocenters. The lowest BCUT2D eigenvalue weighted by atomic mass is 10.1. The summed E-state index contributed by atoms with van der Waals surface area (Å²) < 4.78 is 1.95. The fourth-order valence-electron chi connectivity index (χ4n) is 3.13. The first-order valence-electron chi connectivity index (χ1n) is 8.69. The molecule has 5 nitrogen and oxygen atoms in total. The van der Waals surface area contributed by atoms with Crippen LogP contribution in [0.5, 0.6) is 0 Å². The fourth-order valence-corrected chi connectivity index (χ4v) is 3.13. The normalized spacial score (nSPS) is 11.6. The Hall–Kier alpha value is -3.08. The van der Waals surface area contributed by atoms with E-state index >= 15 is 0 Å². The molecule has 2 aromatic carbocycles. The summed E-state index contributed by atoms with van der Waals surface area (Å²) in [6, 6.07) is 16.4. The summed E-state index contributed by atoms with van der Waals surface area (Å²) in [5.74, 6) is 0.401. The van der Waals surface area contributed by atoms with Crippen molar-refractivity contribution in [1.29, 1.82) is 0 Å². The highest BCUT2D eigenvalue weighted by molar-refractivity contribution is 5.92. The quantitative estimate of drug-likeness (QED) is 0.553. The van der Waals surface area contributed by atoms with Gasteiger partial charge in [0.1, 0.15) is 0 Å². The van der Waals surface area contributed by atoms with Crippen molar-refractivity contribution in [3.05, 3.63) is 76.6 Å². The van der Waals surface area contributed by atoms with E-state index in [0.717, 1.165) is 28.3 Å². The van der Waals surface area contributed by atoms with E-state index in [9.17, 15) is 0 Å². The largest absolute Gasteiger partial charge is 0.370 e. The predicted molar refractivity (Wildman–Crippen MR) is 108 cm³/mol. The summed E-state index contributed by atoms with van der Waals surface area (Å²) >= 11 is 0. The van der Waals surface area contributed by atoms with Crippen LogP contribution in [0, 0.1) is 27.7 Å². The zero-order valence-corrected chi connectivity index (χ0v) is 15.7. The first kappa shape index (κ1) is 17.7. The Morgan fingerprint density at radius 3 is 2.38 bits per heavy atom. The number of aromatic nitrogens is 2. The lowest BCUT2D eigenvalue weighted by molar-refractivity contribution is 0.818. The molecular weight excluding hydrogens is 322 g/mol. The van der Waals surface area contributed by atoms with Crippen LogP contribution in [-0.2, 0) is 6.54 Å². The van der Waals surface area contributed by atoms with Gasteiger partial charge in [-0.05, 0) is 68.7 Å². The molecule has 3 N–H and O–H groups in total. The van der Waals surface area contributed by atoms with Gasteiger partial charge in [-0.15, -0.1) is 0 Å². The van der Waals surface area contributed by atoms with Gasteiger partial charge in [0, 0.05) is 11.4 Å². The minimum atomic E-state index is 0.401. The molecule has 0 bridgehead atoms. The van der Waals surface area contributed by atoms with Gasteiger partial charge in [-0.2, -0.15) is 5.10 Å². The number of nitrogens with two attached hydrogens (primary N) is 1. The number of rotatable bonds is 4. The Kier molecular flexibility index (Phi) is 5.07. The zero-order chi connectivity index (χ0) is 18.7. The highest BCUT2D eigenvalue weighted by Crippen LogP contribution is 2.18. The molecule has 0 aliphatic carbocycles. The second-order valence-corrected chi connectivity index (χ2v) is 6.67. The molecule has 0 saturated carbocycles. The topological polar surface area (TPSA) is 68.2 Å². The fraction of sp³-hybridized carbons (Fsp3) is 0.238. The average molecular weight is 347 g/mol. The zero-order valence-electron chi connectivity index (χ0n) is 15.7. The van der Waals surface area contributed by atoms with Gasteiger partial charge < -0.3 is 11.1 Å². The van der Waals surface area contributed by atoms with Crippen LogP contribution in [0.3, 0.4) is 0 Å². The maximum absolute atomic E-state index is 6.09. The van der Waals surface area contributed by atoms with E-state index in [0.29, 0.717) is 12.5 Å². The minimum Gasteiger partial charge on any atom is -0.370 e. The number of aryl methyl sites for hydroxylation is 4. The molecule has 26 heavy (non-hydrogen) atoms. The first-order valence-corrected chi connectivity index (χ1v) is 8.69. The lowest BCUT2D eigenvalue weighted by Gasteiger charge is -2.11. The van der Waals surface area contributed by atoms with Crippen LogP contribution in [0.4, 0.5) is 5.69 Å². The summed E-state index contributed by atoms with van der Waals surface area (Å²) in [7, 11) is 0. The van der Waals surface area contributed by atoms with E-state index in [2.05, 4.69) is 72.6 Å². The lowest BCUT2D eigenvalue weighted by Crippen LogP contribution is -2.22. The molecule has 134 valence electrons. The number of aliphatic imine (C=N–C) groups is 1. The van der Waals surface area contributed by atoms with Crippen LogP contribution in [0.1, 0.15) is 28.1 Å². The molecule has 0 saturated heterocycles. The number of benzene rings is 2. The first-order chi connectivity index (χ1) is 12.4. The summed E-state index contributed by atoms with van der Waals surface area (Å²) in [5, 5.41) is 7.75. The van der Waals surface area contributed by atoms with E-state index < -0.39 is 0 Å².